The van der Waals surface area contributed by atoms with Crippen LogP contribution in [0.15, 0.2) is 30.6 Å². The van der Waals surface area contributed by atoms with Crippen molar-refractivity contribution >= 4 is 11.6 Å². The lowest BCUT2D eigenvalue weighted by molar-refractivity contribution is 0.769. The smallest absolute Gasteiger partial charge is 0.0954 e. The van der Waals surface area contributed by atoms with Crippen molar-refractivity contribution in [3.8, 4) is 0 Å². The number of aryl methyl sites for hydroxylation is 1. The van der Waals surface area contributed by atoms with Crippen molar-refractivity contribution in [1.29, 1.82) is 0 Å². The van der Waals surface area contributed by atoms with Crippen molar-refractivity contribution in [2.75, 3.05) is 0 Å². The van der Waals surface area contributed by atoms with Gasteiger partial charge in [0.05, 0.1) is 18.6 Å². The van der Waals surface area contributed by atoms with Gasteiger partial charge in [-0.05, 0) is 25.5 Å². The maximum atomic E-state index is 6.10. The first-order valence-corrected chi connectivity index (χ1v) is 5.28. The van der Waals surface area contributed by atoms with E-state index in [1.54, 1.807) is 0 Å². The number of hydrogen-bond acceptors (Lipinski definition) is 1. The summed E-state index contributed by atoms with van der Waals surface area (Å²) in [6.07, 6.45) is 1.86. The molecule has 0 bridgehead atoms. The van der Waals surface area contributed by atoms with Gasteiger partial charge in [-0.1, -0.05) is 29.8 Å². The summed E-state index contributed by atoms with van der Waals surface area (Å²) in [4.78, 5) is 4.26. The number of hydrogen-bond donors (Lipinski definition) is 0. The summed E-state index contributed by atoms with van der Waals surface area (Å²) < 4.78 is 2.11. The Bertz CT molecular complexity index is 474. The molecule has 0 unspecified atom stereocenters. The third-order valence-electron chi connectivity index (χ3n) is 2.64. The zero-order valence-electron chi connectivity index (χ0n) is 8.87. The minimum Gasteiger partial charge on any atom is -0.330 e. The normalized spacial score (nSPS) is 10.6. The quantitative estimate of drug-likeness (QED) is 0.760. The molecule has 0 spiro atoms. The molecule has 0 N–H and O–H groups in total. The summed E-state index contributed by atoms with van der Waals surface area (Å²) in [5, 5.41) is 0.809. The fraction of sp³-hybridized carbons (Fsp3) is 0.250. The summed E-state index contributed by atoms with van der Waals surface area (Å²) in [5.74, 6) is 0. The summed E-state index contributed by atoms with van der Waals surface area (Å²) in [5.41, 5.74) is 3.39. The van der Waals surface area contributed by atoms with Gasteiger partial charge in [0.2, 0.25) is 0 Å². The van der Waals surface area contributed by atoms with Gasteiger partial charge in [-0.3, -0.25) is 0 Å². The van der Waals surface area contributed by atoms with Gasteiger partial charge < -0.3 is 4.57 Å². The molecule has 0 saturated heterocycles. The molecule has 2 nitrogen and oxygen atoms in total. The maximum absolute atomic E-state index is 6.10. The molecule has 0 aliphatic heterocycles. The molecule has 0 aliphatic carbocycles. The van der Waals surface area contributed by atoms with Gasteiger partial charge in [0.25, 0.3) is 0 Å². The number of aromatic nitrogens is 2. The maximum Gasteiger partial charge on any atom is 0.0954 e. The fourth-order valence-electron chi connectivity index (χ4n) is 1.51. The van der Waals surface area contributed by atoms with Crippen LogP contribution in [0.2, 0.25) is 5.02 Å². The number of halogens is 1. The van der Waals surface area contributed by atoms with E-state index in [4.69, 9.17) is 11.6 Å². The number of imidazole rings is 1. The average molecular weight is 221 g/mol. The predicted molar refractivity (Wildman–Crippen MR) is 62.3 cm³/mol. The molecule has 78 valence electrons. The molecule has 0 radical (unpaired) electrons. The van der Waals surface area contributed by atoms with Gasteiger partial charge in [0.1, 0.15) is 0 Å². The zero-order valence-corrected chi connectivity index (χ0v) is 9.62. The molecule has 3 heteroatoms. The highest BCUT2D eigenvalue weighted by Gasteiger charge is 2.04. The van der Waals surface area contributed by atoms with E-state index >= 15 is 0 Å². The molecule has 0 atom stereocenters. The van der Waals surface area contributed by atoms with Crippen molar-refractivity contribution in [3.05, 3.63) is 52.6 Å². The van der Waals surface area contributed by atoms with E-state index in [-0.39, 0.29) is 0 Å². The molecule has 2 aromatic rings. The molecule has 0 saturated carbocycles. The van der Waals surface area contributed by atoms with E-state index in [0.717, 1.165) is 22.8 Å². The van der Waals surface area contributed by atoms with Gasteiger partial charge in [-0.15, -0.1) is 0 Å². The van der Waals surface area contributed by atoms with E-state index < -0.39 is 0 Å². The first kappa shape index (κ1) is 10.2. The molecule has 0 fully saturated rings. The van der Waals surface area contributed by atoms with Crippen molar-refractivity contribution < 1.29 is 0 Å². The van der Waals surface area contributed by atoms with Crippen LogP contribution < -0.4 is 0 Å². The summed E-state index contributed by atoms with van der Waals surface area (Å²) in [7, 11) is 0. The fourth-order valence-corrected chi connectivity index (χ4v) is 1.71. The topological polar surface area (TPSA) is 17.8 Å². The lowest BCUT2D eigenvalue weighted by Gasteiger charge is -2.07. The third kappa shape index (κ3) is 2.05. The number of benzene rings is 1. The summed E-state index contributed by atoms with van der Waals surface area (Å²) in [6, 6.07) is 7.89. The van der Waals surface area contributed by atoms with Gasteiger partial charge in [0, 0.05) is 10.7 Å². The second-order valence-corrected chi connectivity index (χ2v) is 4.04. The lowest BCUT2D eigenvalue weighted by Crippen LogP contribution is -2.01. The highest BCUT2D eigenvalue weighted by Crippen LogP contribution is 2.17. The van der Waals surface area contributed by atoms with E-state index in [2.05, 4.69) is 16.5 Å². The summed E-state index contributed by atoms with van der Waals surface area (Å²) in [6.45, 7) is 4.87. The van der Waals surface area contributed by atoms with Crippen LogP contribution in [0, 0.1) is 13.8 Å². The molecular formula is C12H13ClN2. The van der Waals surface area contributed by atoms with E-state index in [9.17, 15) is 0 Å². The minimum atomic E-state index is 0.784. The van der Waals surface area contributed by atoms with Crippen molar-refractivity contribution in [3.63, 3.8) is 0 Å². The molecule has 1 aromatic heterocycles. The van der Waals surface area contributed by atoms with Crippen LogP contribution >= 0.6 is 11.6 Å². The molecule has 15 heavy (non-hydrogen) atoms. The molecule has 0 amide bonds. The third-order valence-corrected chi connectivity index (χ3v) is 3.01. The average Bonchev–Trinajstić information content (AvgIpc) is 2.53. The Morgan fingerprint density at radius 3 is 2.60 bits per heavy atom. The van der Waals surface area contributed by atoms with Crippen LogP contribution in [0.1, 0.15) is 17.0 Å². The standard InChI is InChI=1S/C12H13ClN2/c1-9-10(2)15(8-14-9)7-11-5-3-4-6-12(11)13/h3-6,8H,7H2,1-2H3. The van der Waals surface area contributed by atoms with Crippen LogP contribution in [0.4, 0.5) is 0 Å². The van der Waals surface area contributed by atoms with Crippen molar-refractivity contribution in [1.82, 2.24) is 9.55 Å². The monoisotopic (exact) mass is 220 g/mol. The molecule has 1 heterocycles. The Morgan fingerprint density at radius 2 is 2.00 bits per heavy atom. The van der Waals surface area contributed by atoms with E-state index in [1.165, 1.54) is 5.69 Å². The SMILES string of the molecule is Cc1ncn(Cc2ccccc2Cl)c1C. The zero-order chi connectivity index (χ0) is 10.8. The van der Waals surface area contributed by atoms with Crippen LogP contribution in [0.5, 0.6) is 0 Å². The molecule has 2 rings (SSSR count). The van der Waals surface area contributed by atoms with Crippen LogP contribution in [-0.4, -0.2) is 9.55 Å². The molecule has 1 aromatic carbocycles. The Morgan fingerprint density at radius 1 is 1.27 bits per heavy atom. The second-order valence-electron chi connectivity index (χ2n) is 3.63. The van der Waals surface area contributed by atoms with Gasteiger partial charge >= 0.3 is 0 Å². The second kappa shape index (κ2) is 4.07. The molecular weight excluding hydrogens is 208 g/mol. The summed E-state index contributed by atoms with van der Waals surface area (Å²) >= 11 is 6.10. The van der Waals surface area contributed by atoms with E-state index in [0.29, 0.717) is 0 Å². The lowest BCUT2D eigenvalue weighted by atomic mass is 10.2. The van der Waals surface area contributed by atoms with Crippen LogP contribution in [-0.2, 0) is 6.54 Å². The first-order valence-electron chi connectivity index (χ1n) is 4.90. The Hall–Kier alpha value is -1.28. The van der Waals surface area contributed by atoms with Crippen LogP contribution in [0.25, 0.3) is 0 Å². The highest BCUT2D eigenvalue weighted by molar-refractivity contribution is 6.31. The Labute approximate surface area is 94.5 Å². The van der Waals surface area contributed by atoms with Crippen molar-refractivity contribution in [2.24, 2.45) is 0 Å². The van der Waals surface area contributed by atoms with E-state index in [1.807, 2.05) is 37.5 Å². The van der Waals surface area contributed by atoms with Gasteiger partial charge in [-0.25, -0.2) is 4.98 Å². The predicted octanol–water partition coefficient (Wildman–Crippen LogP) is 3.20. The minimum absolute atomic E-state index is 0.784. The van der Waals surface area contributed by atoms with Crippen molar-refractivity contribution in [2.45, 2.75) is 20.4 Å². The van der Waals surface area contributed by atoms with Gasteiger partial charge in [-0.2, -0.15) is 0 Å². The van der Waals surface area contributed by atoms with Gasteiger partial charge in [0.15, 0.2) is 0 Å². The Balaban J connectivity index is 2.30. The largest absolute Gasteiger partial charge is 0.330 e. The number of rotatable bonds is 2. The highest BCUT2D eigenvalue weighted by atomic mass is 35.5. The van der Waals surface area contributed by atoms with Crippen LogP contribution in [0.3, 0.4) is 0 Å². The Kier molecular flexibility index (Phi) is 2.78. The first-order chi connectivity index (χ1) is 7.18. The number of nitrogens with zero attached hydrogens (tertiary/aromatic N) is 2. The molecule has 0 aliphatic rings.